The molecule has 1 fully saturated rings. The second-order valence-corrected chi connectivity index (χ2v) is 6.21. The Hall–Kier alpha value is 0.1000. The summed E-state index contributed by atoms with van der Waals surface area (Å²) in [6.07, 6.45) is 3.05. The van der Waals surface area contributed by atoms with Crippen molar-refractivity contribution < 1.29 is 5.11 Å². The monoisotopic (exact) mass is 289 g/mol. The number of rotatable bonds is 4. The van der Waals surface area contributed by atoms with Crippen molar-refractivity contribution in [2.24, 2.45) is 0 Å². The molecule has 1 unspecified atom stereocenters. The molecule has 0 aliphatic heterocycles. The predicted octanol–water partition coefficient (Wildman–Crippen LogP) is 3.08. The van der Waals surface area contributed by atoms with Crippen LogP contribution in [0.25, 0.3) is 0 Å². The van der Waals surface area contributed by atoms with E-state index in [-0.39, 0.29) is 0 Å². The Bertz CT molecular complexity index is 335. The quantitative estimate of drug-likeness (QED) is 0.893. The van der Waals surface area contributed by atoms with Crippen LogP contribution < -0.4 is 5.32 Å². The number of thiophene rings is 1. The van der Waals surface area contributed by atoms with E-state index >= 15 is 0 Å². The van der Waals surface area contributed by atoms with Gasteiger partial charge in [0.1, 0.15) is 0 Å². The van der Waals surface area contributed by atoms with E-state index in [2.05, 4.69) is 39.6 Å². The Morgan fingerprint density at radius 2 is 2.40 bits per heavy atom. The predicted molar refractivity (Wildman–Crippen MR) is 67.2 cm³/mol. The zero-order valence-corrected chi connectivity index (χ0v) is 11.2. The molecule has 2 rings (SSSR count). The minimum Gasteiger partial charge on any atom is -0.389 e. The number of nitrogens with one attached hydrogen (secondary N) is 1. The highest BCUT2D eigenvalue weighted by molar-refractivity contribution is 9.10. The average Bonchev–Trinajstić information content (AvgIpc) is 2.58. The van der Waals surface area contributed by atoms with Crippen molar-refractivity contribution in [3.63, 3.8) is 0 Å². The van der Waals surface area contributed by atoms with Gasteiger partial charge in [0.2, 0.25) is 0 Å². The first kappa shape index (κ1) is 11.6. The highest BCUT2D eigenvalue weighted by atomic mass is 79.9. The van der Waals surface area contributed by atoms with E-state index in [1.165, 1.54) is 4.88 Å². The molecule has 1 aliphatic carbocycles. The first-order chi connectivity index (χ1) is 7.09. The summed E-state index contributed by atoms with van der Waals surface area (Å²) in [5.74, 6) is 0. The third-order valence-electron chi connectivity index (χ3n) is 3.04. The van der Waals surface area contributed by atoms with Crippen molar-refractivity contribution >= 4 is 27.3 Å². The Labute approximate surface area is 103 Å². The van der Waals surface area contributed by atoms with Gasteiger partial charge >= 0.3 is 0 Å². The summed E-state index contributed by atoms with van der Waals surface area (Å²) in [7, 11) is 0. The fourth-order valence-electron chi connectivity index (χ4n) is 1.76. The molecule has 1 aliphatic rings. The van der Waals surface area contributed by atoms with Crippen LogP contribution in [0.15, 0.2) is 15.9 Å². The smallest absolute Gasteiger partial charge is 0.0771 e. The minimum atomic E-state index is -0.428. The topological polar surface area (TPSA) is 32.3 Å². The molecule has 0 spiro atoms. The van der Waals surface area contributed by atoms with Gasteiger partial charge in [0.05, 0.1) is 5.60 Å². The van der Waals surface area contributed by atoms with Gasteiger partial charge in [-0.25, -0.2) is 0 Å². The first-order valence-electron chi connectivity index (χ1n) is 5.29. The molecule has 0 bridgehead atoms. The Kier molecular flexibility index (Phi) is 3.50. The van der Waals surface area contributed by atoms with Crippen LogP contribution in [0.1, 0.15) is 37.1 Å². The van der Waals surface area contributed by atoms with Crippen LogP contribution in [0.2, 0.25) is 0 Å². The highest BCUT2D eigenvalue weighted by Gasteiger charge is 2.34. The molecule has 2 N–H and O–H groups in total. The van der Waals surface area contributed by atoms with E-state index in [4.69, 9.17) is 0 Å². The van der Waals surface area contributed by atoms with Crippen LogP contribution in [0.4, 0.5) is 0 Å². The van der Waals surface area contributed by atoms with Crippen LogP contribution in [0, 0.1) is 0 Å². The molecule has 15 heavy (non-hydrogen) atoms. The maximum Gasteiger partial charge on any atom is 0.0771 e. The van der Waals surface area contributed by atoms with Gasteiger partial charge in [-0.15, -0.1) is 11.3 Å². The summed E-state index contributed by atoms with van der Waals surface area (Å²) >= 11 is 5.19. The maximum absolute atomic E-state index is 9.94. The molecular formula is C11H16BrNOS. The molecule has 0 amide bonds. The Morgan fingerprint density at radius 1 is 1.67 bits per heavy atom. The fraction of sp³-hybridized carbons (Fsp3) is 0.636. The zero-order valence-electron chi connectivity index (χ0n) is 8.79. The maximum atomic E-state index is 9.94. The Balaban J connectivity index is 1.84. The van der Waals surface area contributed by atoms with E-state index in [1.807, 2.05) is 0 Å². The van der Waals surface area contributed by atoms with Gasteiger partial charge in [0.25, 0.3) is 0 Å². The summed E-state index contributed by atoms with van der Waals surface area (Å²) in [5.41, 5.74) is -0.428. The lowest BCUT2D eigenvalue weighted by Crippen LogP contribution is -2.46. The summed E-state index contributed by atoms with van der Waals surface area (Å²) in [6, 6.07) is 2.46. The molecule has 4 heteroatoms. The van der Waals surface area contributed by atoms with Crippen LogP contribution in [-0.4, -0.2) is 17.3 Å². The summed E-state index contributed by atoms with van der Waals surface area (Å²) in [4.78, 5) is 1.31. The molecule has 0 radical (unpaired) electrons. The first-order valence-corrected chi connectivity index (χ1v) is 6.96. The van der Waals surface area contributed by atoms with Gasteiger partial charge in [-0.05, 0) is 48.2 Å². The molecule has 0 saturated heterocycles. The summed E-state index contributed by atoms with van der Waals surface area (Å²) < 4.78 is 1.14. The van der Waals surface area contributed by atoms with Gasteiger partial charge in [-0.3, -0.25) is 0 Å². The average molecular weight is 290 g/mol. The van der Waals surface area contributed by atoms with Gasteiger partial charge in [0.15, 0.2) is 0 Å². The molecule has 2 nitrogen and oxygen atoms in total. The van der Waals surface area contributed by atoms with Crippen molar-refractivity contribution in [2.45, 2.75) is 37.8 Å². The van der Waals surface area contributed by atoms with E-state index < -0.39 is 5.60 Å². The number of hydrogen-bond donors (Lipinski definition) is 2. The van der Waals surface area contributed by atoms with Crippen LogP contribution in [0.5, 0.6) is 0 Å². The van der Waals surface area contributed by atoms with Crippen molar-refractivity contribution in [1.82, 2.24) is 5.32 Å². The van der Waals surface area contributed by atoms with Crippen molar-refractivity contribution in [3.05, 3.63) is 20.8 Å². The molecule has 1 atom stereocenters. The van der Waals surface area contributed by atoms with Gasteiger partial charge in [-0.1, -0.05) is 0 Å². The lowest BCUT2D eigenvalue weighted by atomic mass is 9.80. The standard InChI is InChI=1S/C11H16BrNOS/c1-8(10-5-9(12)6-15-10)13-7-11(14)3-2-4-11/h5-6,8,13-14H,2-4,7H2,1H3. The van der Waals surface area contributed by atoms with Gasteiger partial charge in [0, 0.05) is 27.3 Å². The van der Waals surface area contributed by atoms with Crippen molar-refractivity contribution in [2.75, 3.05) is 6.54 Å². The van der Waals surface area contributed by atoms with Crippen LogP contribution in [0.3, 0.4) is 0 Å². The highest BCUT2D eigenvalue weighted by Crippen LogP contribution is 2.32. The third kappa shape index (κ3) is 2.81. The molecule has 84 valence electrons. The molecule has 1 saturated carbocycles. The van der Waals surface area contributed by atoms with E-state index in [0.29, 0.717) is 12.6 Å². The second-order valence-electron chi connectivity index (χ2n) is 4.35. The van der Waals surface area contributed by atoms with E-state index in [0.717, 1.165) is 23.7 Å². The van der Waals surface area contributed by atoms with Crippen LogP contribution in [-0.2, 0) is 0 Å². The molecule has 0 aromatic carbocycles. The van der Waals surface area contributed by atoms with E-state index in [1.54, 1.807) is 11.3 Å². The Morgan fingerprint density at radius 3 is 2.87 bits per heavy atom. The van der Waals surface area contributed by atoms with Gasteiger partial charge < -0.3 is 10.4 Å². The van der Waals surface area contributed by atoms with Gasteiger partial charge in [-0.2, -0.15) is 0 Å². The van der Waals surface area contributed by atoms with Crippen molar-refractivity contribution in [1.29, 1.82) is 0 Å². The molecule has 1 aromatic heterocycles. The number of halogens is 1. The third-order valence-corrected chi connectivity index (χ3v) is 4.91. The zero-order chi connectivity index (χ0) is 10.9. The largest absolute Gasteiger partial charge is 0.389 e. The van der Waals surface area contributed by atoms with Crippen LogP contribution >= 0.6 is 27.3 Å². The molecule has 1 heterocycles. The lowest BCUT2D eigenvalue weighted by Gasteiger charge is -2.37. The summed E-state index contributed by atoms with van der Waals surface area (Å²) in [6.45, 7) is 2.85. The minimum absolute atomic E-state index is 0.325. The number of hydrogen-bond acceptors (Lipinski definition) is 3. The second kappa shape index (κ2) is 4.53. The fourth-order valence-corrected chi connectivity index (χ4v) is 3.24. The normalized spacial score (nSPS) is 21.0. The number of aliphatic hydroxyl groups is 1. The summed E-state index contributed by atoms with van der Waals surface area (Å²) in [5, 5.41) is 15.4. The SMILES string of the molecule is CC(NCC1(O)CCC1)c1cc(Br)cs1. The van der Waals surface area contributed by atoms with Crippen molar-refractivity contribution in [3.8, 4) is 0 Å². The molecule has 1 aromatic rings. The molecular weight excluding hydrogens is 274 g/mol. The van der Waals surface area contributed by atoms with E-state index in [9.17, 15) is 5.11 Å². The lowest BCUT2D eigenvalue weighted by molar-refractivity contribution is -0.0328.